The van der Waals surface area contributed by atoms with Gasteiger partial charge in [0.25, 0.3) is 5.91 Å². The van der Waals surface area contributed by atoms with E-state index in [2.05, 4.69) is 47.4 Å². The molecule has 1 amide bonds. The largest absolute Gasteiger partial charge is 0.495 e. The second kappa shape index (κ2) is 7.33. The van der Waals surface area contributed by atoms with Crippen molar-refractivity contribution in [2.24, 2.45) is 5.10 Å². The van der Waals surface area contributed by atoms with Crippen molar-refractivity contribution < 1.29 is 9.53 Å². The molecule has 21 heavy (non-hydrogen) atoms. The van der Waals surface area contributed by atoms with E-state index in [1.165, 1.54) is 6.21 Å². The number of ether oxygens (including phenoxy) is 1. The number of hydrogen-bond donors (Lipinski definition) is 1. The van der Waals surface area contributed by atoms with E-state index in [9.17, 15) is 4.79 Å². The maximum absolute atomic E-state index is 11.8. The van der Waals surface area contributed by atoms with Gasteiger partial charge >= 0.3 is 0 Å². The predicted octanol–water partition coefficient (Wildman–Crippen LogP) is 3.38. The smallest absolute Gasteiger partial charge is 0.271 e. The molecule has 0 aliphatic carbocycles. The van der Waals surface area contributed by atoms with Crippen LogP contribution in [0.2, 0.25) is 0 Å². The Morgan fingerprint density at radius 1 is 1.33 bits per heavy atom. The van der Waals surface area contributed by atoms with Crippen molar-refractivity contribution in [1.82, 2.24) is 10.4 Å². The fourth-order valence-corrected chi connectivity index (χ4v) is 3.04. The molecule has 0 saturated heterocycles. The summed E-state index contributed by atoms with van der Waals surface area (Å²) in [7, 11) is 1.57. The zero-order valence-corrected chi connectivity index (χ0v) is 14.2. The molecule has 1 aromatic heterocycles. The van der Waals surface area contributed by atoms with Gasteiger partial charge in [-0.25, -0.2) is 5.43 Å². The van der Waals surface area contributed by atoms with Gasteiger partial charge in [-0.15, -0.1) is 0 Å². The van der Waals surface area contributed by atoms with E-state index in [0.29, 0.717) is 11.3 Å². The van der Waals surface area contributed by atoms with Crippen LogP contribution in [-0.4, -0.2) is 24.2 Å². The van der Waals surface area contributed by atoms with Gasteiger partial charge in [-0.1, -0.05) is 15.9 Å². The molecule has 0 aliphatic heterocycles. The Labute approximate surface area is 138 Å². The Balaban J connectivity index is 2.13. The number of nitrogens with zero attached hydrogens (tertiary/aromatic N) is 2. The van der Waals surface area contributed by atoms with Gasteiger partial charge in [-0.2, -0.15) is 5.10 Å². The summed E-state index contributed by atoms with van der Waals surface area (Å²) < 4.78 is 6.96. The maximum atomic E-state index is 11.8. The summed E-state index contributed by atoms with van der Waals surface area (Å²) in [4.78, 5) is 15.7. The fraction of sp³-hybridized carbons (Fsp3) is 0.0714. The van der Waals surface area contributed by atoms with Crippen molar-refractivity contribution >= 4 is 44.0 Å². The van der Waals surface area contributed by atoms with Crippen LogP contribution in [0, 0.1) is 0 Å². The first kappa shape index (κ1) is 15.7. The lowest BCUT2D eigenvalue weighted by Crippen LogP contribution is -2.17. The summed E-state index contributed by atoms with van der Waals surface area (Å²) in [5.74, 6) is 0.335. The number of nitrogens with one attached hydrogen (secondary N) is 1. The Kier molecular flexibility index (Phi) is 5.46. The molecular formula is C14H11Br2N3O2. The van der Waals surface area contributed by atoms with Gasteiger partial charge in [0, 0.05) is 28.0 Å². The third kappa shape index (κ3) is 4.12. The fourth-order valence-electron chi connectivity index (χ4n) is 1.62. The zero-order valence-electron chi connectivity index (χ0n) is 11.0. The van der Waals surface area contributed by atoms with Crippen molar-refractivity contribution in [1.29, 1.82) is 0 Å². The molecule has 108 valence electrons. The summed E-state index contributed by atoms with van der Waals surface area (Å²) in [5.41, 5.74) is 3.67. The molecule has 2 rings (SSSR count). The average molecular weight is 413 g/mol. The Hall–Kier alpha value is -1.73. The predicted molar refractivity (Wildman–Crippen MR) is 87.7 cm³/mol. The zero-order chi connectivity index (χ0) is 15.2. The van der Waals surface area contributed by atoms with E-state index in [-0.39, 0.29) is 5.91 Å². The SMILES string of the molecule is COc1c(Br)cc(Br)cc1/C=N\NC(=O)c1ccncc1. The summed E-state index contributed by atoms with van der Waals surface area (Å²) in [6.45, 7) is 0. The molecule has 0 fully saturated rings. The molecule has 1 aromatic carbocycles. The van der Waals surface area contributed by atoms with Crippen LogP contribution < -0.4 is 10.2 Å². The van der Waals surface area contributed by atoms with Gasteiger partial charge < -0.3 is 4.74 Å². The normalized spacial score (nSPS) is 10.6. The number of halogens is 2. The monoisotopic (exact) mass is 411 g/mol. The summed E-state index contributed by atoms with van der Waals surface area (Å²) in [5, 5.41) is 3.94. The van der Waals surface area contributed by atoms with Gasteiger partial charge in [0.05, 0.1) is 17.8 Å². The topological polar surface area (TPSA) is 63.6 Å². The molecule has 0 atom stereocenters. The lowest BCUT2D eigenvalue weighted by molar-refractivity contribution is 0.0955. The molecule has 1 heterocycles. The average Bonchev–Trinajstić information content (AvgIpc) is 2.47. The number of carbonyl (C=O) groups excluding carboxylic acids is 1. The molecule has 0 radical (unpaired) electrons. The summed E-state index contributed by atoms with van der Waals surface area (Å²) in [6.07, 6.45) is 4.62. The van der Waals surface area contributed by atoms with Gasteiger partial charge in [-0.05, 0) is 40.2 Å². The van der Waals surface area contributed by atoms with Crippen molar-refractivity contribution in [2.75, 3.05) is 7.11 Å². The standard InChI is InChI=1S/C14H11Br2N3O2/c1-21-13-10(6-11(15)7-12(13)16)8-18-19-14(20)9-2-4-17-5-3-9/h2-8H,1H3,(H,19,20)/b18-8-. The minimum atomic E-state index is -0.304. The maximum Gasteiger partial charge on any atom is 0.271 e. The molecule has 0 unspecified atom stereocenters. The van der Waals surface area contributed by atoms with Crippen LogP contribution in [0.15, 0.2) is 50.7 Å². The Bertz CT molecular complexity index is 675. The molecule has 2 aromatic rings. The molecule has 7 heteroatoms. The first-order valence-corrected chi connectivity index (χ1v) is 7.47. The number of amides is 1. The van der Waals surface area contributed by atoms with Gasteiger partial charge in [0.1, 0.15) is 5.75 Å². The first-order valence-electron chi connectivity index (χ1n) is 5.88. The van der Waals surface area contributed by atoms with Crippen LogP contribution in [0.5, 0.6) is 5.75 Å². The van der Waals surface area contributed by atoms with Gasteiger partial charge in [0.15, 0.2) is 0 Å². The number of benzene rings is 1. The van der Waals surface area contributed by atoms with Crippen LogP contribution in [0.3, 0.4) is 0 Å². The number of methoxy groups -OCH3 is 1. The quantitative estimate of drug-likeness (QED) is 0.618. The molecule has 5 nitrogen and oxygen atoms in total. The highest BCUT2D eigenvalue weighted by Gasteiger charge is 2.08. The molecule has 1 N–H and O–H groups in total. The third-order valence-corrected chi connectivity index (χ3v) is 3.60. The van der Waals surface area contributed by atoms with E-state index in [4.69, 9.17) is 4.74 Å². The molecule has 0 aliphatic rings. The highest BCUT2D eigenvalue weighted by molar-refractivity contribution is 9.11. The van der Waals surface area contributed by atoms with Crippen LogP contribution in [0.1, 0.15) is 15.9 Å². The number of rotatable bonds is 4. The minimum Gasteiger partial charge on any atom is -0.495 e. The Morgan fingerprint density at radius 2 is 2.05 bits per heavy atom. The number of hydrazone groups is 1. The van der Waals surface area contributed by atoms with E-state index in [1.807, 2.05) is 12.1 Å². The second-order valence-electron chi connectivity index (χ2n) is 3.95. The van der Waals surface area contributed by atoms with Crippen molar-refractivity contribution in [3.8, 4) is 5.75 Å². The summed E-state index contributed by atoms with van der Waals surface area (Å²) in [6, 6.07) is 6.93. The molecule has 0 saturated carbocycles. The van der Waals surface area contributed by atoms with Crippen molar-refractivity contribution in [3.63, 3.8) is 0 Å². The van der Waals surface area contributed by atoms with Crippen molar-refractivity contribution in [2.45, 2.75) is 0 Å². The van der Waals surface area contributed by atoms with E-state index in [0.717, 1.165) is 14.5 Å². The van der Waals surface area contributed by atoms with Crippen molar-refractivity contribution in [3.05, 3.63) is 56.7 Å². The third-order valence-electron chi connectivity index (χ3n) is 2.55. The van der Waals surface area contributed by atoms with E-state index >= 15 is 0 Å². The highest BCUT2D eigenvalue weighted by atomic mass is 79.9. The number of pyridine rings is 1. The van der Waals surface area contributed by atoms with Gasteiger partial charge in [-0.3, -0.25) is 9.78 Å². The lowest BCUT2D eigenvalue weighted by Gasteiger charge is -2.07. The summed E-state index contributed by atoms with van der Waals surface area (Å²) >= 11 is 6.80. The molecule has 0 spiro atoms. The first-order chi connectivity index (χ1) is 10.1. The van der Waals surface area contributed by atoms with E-state index < -0.39 is 0 Å². The second-order valence-corrected chi connectivity index (χ2v) is 5.72. The lowest BCUT2D eigenvalue weighted by atomic mass is 10.2. The van der Waals surface area contributed by atoms with Crippen LogP contribution in [0.4, 0.5) is 0 Å². The number of aromatic nitrogens is 1. The Morgan fingerprint density at radius 3 is 2.71 bits per heavy atom. The van der Waals surface area contributed by atoms with Gasteiger partial charge in [0.2, 0.25) is 0 Å². The number of carbonyl (C=O) groups is 1. The molecular weight excluding hydrogens is 402 g/mol. The van der Waals surface area contributed by atoms with Crippen LogP contribution in [0.25, 0.3) is 0 Å². The van der Waals surface area contributed by atoms with E-state index in [1.54, 1.807) is 31.6 Å². The van der Waals surface area contributed by atoms with Crippen LogP contribution >= 0.6 is 31.9 Å². The highest BCUT2D eigenvalue weighted by Crippen LogP contribution is 2.31. The van der Waals surface area contributed by atoms with Crippen LogP contribution in [-0.2, 0) is 0 Å². The minimum absolute atomic E-state index is 0.304. The molecule has 0 bridgehead atoms. The number of hydrogen-bond acceptors (Lipinski definition) is 4.